The summed E-state index contributed by atoms with van der Waals surface area (Å²) in [6.07, 6.45) is -0.617. The van der Waals surface area contributed by atoms with Crippen LogP contribution in [-0.2, 0) is 4.79 Å². The molecule has 118 valence electrons. The first kappa shape index (κ1) is 15.8. The topological polar surface area (TPSA) is 51.2 Å². The van der Waals surface area contributed by atoms with Crippen molar-refractivity contribution in [1.29, 1.82) is 0 Å². The first-order valence-electron chi connectivity index (χ1n) is 7.11. The fourth-order valence-electron chi connectivity index (χ4n) is 2.03. The zero-order chi connectivity index (χ0) is 16.4. The Balaban J connectivity index is 1.68. The van der Waals surface area contributed by atoms with Crippen LogP contribution in [-0.4, -0.2) is 17.0 Å². The number of fused-ring (bicyclic) bond motifs is 1. The summed E-state index contributed by atoms with van der Waals surface area (Å²) in [5.74, 6) is 0.421. The highest BCUT2D eigenvalue weighted by Crippen LogP contribution is 2.28. The number of anilines is 1. The van der Waals surface area contributed by atoms with Crippen LogP contribution in [0.2, 0.25) is 5.02 Å². The van der Waals surface area contributed by atoms with Crippen LogP contribution >= 0.6 is 22.9 Å². The number of aryl methyl sites for hydroxylation is 1. The summed E-state index contributed by atoms with van der Waals surface area (Å²) in [5, 5.41) is 3.96. The van der Waals surface area contributed by atoms with Gasteiger partial charge in [-0.05, 0) is 44.2 Å². The molecule has 0 aliphatic heterocycles. The van der Waals surface area contributed by atoms with Gasteiger partial charge in [-0.25, -0.2) is 4.98 Å². The number of hydrogen-bond acceptors (Lipinski definition) is 4. The van der Waals surface area contributed by atoms with Gasteiger partial charge in [-0.15, -0.1) is 0 Å². The number of carbonyl (C=O) groups is 1. The van der Waals surface area contributed by atoms with Gasteiger partial charge in [-0.1, -0.05) is 40.6 Å². The van der Waals surface area contributed by atoms with Crippen LogP contribution in [0.4, 0.5) is 5.13 Å². The molecule has 0 aliphatic carbocycles. The summed E-state index contributed by atoms with van der Waals surface area (Å²) >= 11 is 7.34. The molecule has 6 heteroatoms. The number of amides is 1. The van der Waals surface area contributed by atoms with Gasteiger partial charge in [0.15, 0.2) is 11.2 Å². The molecule has 4 nitrogen and oxygen atoms in total. The van der Waals surface area contributed by atoms with E-state index in [0.717, 1.165) is 15.8 Å². The van der Waals surface area contributed by atoms with Gasteiger partial charge in [0, 0.05) is 5.02 Å². The van der Waals surface area contributed by atoms with Crippen LogP contribution in [0.3, 0.4) is 0 Å². The van der Waals surface area contributed by atoms with Gasteiger partial charge >= 0.3 is 0 Å². The fourth-order valence-corrected chi connectivity index (χ4v) is 3.18. The number of ether oxygens (including phenoxy) is 1. The van der Waals surface area contributed by atoms with Crippen molar-refractivity contribution in [2.45, 2.75) is 20.0 Å². The molecule has 23 heavy (non-hydrogen) atoms. The molecule has 1 N–H and O–H groups in total. The molecule has 0 saturated heterocycles. The summed E-state index contributed by atoms with van der Waals surface area (Å²) < 4.78 is 6.57. The van der Waals surface area contributed by atoms with Crippen LogP contribution in [0.1, 0.15) is 12.5 Å². The number of hydrogen-bond donors (Lipinski definition) is 1. The van der Waals surface area contributed by atoms with E-state index < -0.39 is 6.10 Å². The zero-order valence-corrected chi connectivity index (χ0v) is 14.2. The molecule has 0 fully saturated rings. The highest BCUT2D eigenvalue weighted by atomic mass is 35.5. The summed E-state index contributed by atoms with van der Waals surface area (Å²) in [7, 11) is 0. The Morgan fingerprint density at radius 2 is 2.00 bits per heavy atom. The number of carbonyl (C=O) groups excluding carboxylic acids is 1. The van der Waals surface area contributed by atoms with E-state index in [9.17, 15) is 4.79 Å². The molecule has 1 heterocycles. The van der Waals surface area contributed by atoms with E-state index in [1.807, 2.05) is 43.3 Å². The van der Waals surface area contributed by atoms with Crippen LogP contribution in [0, 0.1) is 6.92 Å². The SMILES string of the molecule is Cc1ccc(O[C@H](C)C(=O)Nc2nc3ccc(Cl)cc3s2)cc1. The third-order valence-electron chi connectivity index (χ3n) is 3.28. The van der Waals surface area contributed by atoms with Gasteiger partial charge in [0.2, 0.25) is 0 Å². The second-order valence-electron chi connectivity index (χ2n) is 5.19. The van der Waals surface area contributed by atoms with E-state index in [2.05, 4.69) is 10.3 Å². The quantitative estimate of drug-likeness (QED) is 0.747. The molecule has 1 aromatic heterocycles. The maximum atomic E-state index is 12.2. The Kier molecular flexibility index (Phi) is 4.50. The van der Waals surface area contributed by atoms with E-state index in [1.165, 1.54) is 11.3 Å². The normalized spacial score (nSPS) is 12.1. The minimum Gasteiger partial charge on any atom is -0.481 e. The van der Waals surface area contributed by atoms with Crippen LogP contribution < -0.4 is 10.1 Å². The van der Waals surface area contributed by atoms with Crippen molar-refractivity contribution >= 4 is 44.2 Å². The van der Waals surface area contributed by atoms with Crippen LogP contribution in [0.5, 0.6) is 5.75 Å². The van der Waals surface area contributed by atoms with Crippen LogP contribution in [0.15, 0.2) is 42.5 Å². The minimum atomic E-state index is -0.617. The van der Waals surface area contributed by atoms with Gasteiger partial charge in [0.25, 0.3) is 5.91 Å². The second-order valence-corrected chi connectivity index (χ2v) is 6.66. The van der Waals surface area contributed by atoms with Crippen molar-refractivity contribution in [3.05, 3.63) is 53.1 Å². The Morgan fingerprint density at radius 1 is 1.26 bits per heavy atom. The summed E-state index contributed by atoms with van der Waals surface area (Å²) in [6, 6.07) is 13.0. The molecule has 0 unspecified atom stereocenters. The first-order valence-corrected chi connectivity index (χ1v) is 8.31. The molecule has 1 atom stereocenters. The third-order valence-corrected chi connectivity index (χ3v) is 4.45. The van der Waals surface area contributed by atoms with Crippen molar-refractivity contribution in [2.24, 2.45) is 0 Å². The maximum absolute atomic E-state index is 12.2. The number of aromatic nitrogens is 1. The lowest BCUT2D eigenvalue weighted by atomic mass is 10.2. The van der Waals surface area contributed by atoms with Crippen molar-refractivity contribution in [1.82, 2.24) is 4.98 Å². The lowest BCUT2D eigenvalue weighted by Crippen LogP contribution is -2.30. The Morgan fingerprint density at radius 3 is 2.74 bits per heavy atom. The first-order chi connectivity index (χ1) is 11.0. The monoisotopic (exact) mass is 346 g/mol. The van der Waals surface area contributed by atoms with E-state index in [0.29, 0.717) is 15.9 Å². The summed E-state index contributed by atoms with van der Waals surface area (Å²) in [6.45, 7) is 3.71. The molecule has 3 aromatic rings. The Hall–Kier alpha value is -2.11. The predicted octanol–water partition coefficient (Wildman–Crippen LogP) is 4.66. The van der Waals surface area contributed by atoms with Crippen molar-refractivity contribution in [3.8, 4) is 5.75 Å². The molecule has 2 aromatic carbocycles. The number of nitrogens with zero attached hydrogens (tertiary/aromatic N) is 1. The van der Waals surface area contributed by atoms with E-state index in [1.54, 1.807) is 13.0 Å². The zero-order valence-electron chi connectivity index (χ0n) is 12.7. The van der Waals surface area contributed by atoms with E-state index in [4.69, 9.17) is 16.3 Å². The molecule has 0 saturated carbocycles. The van der Waals surface area contributed by atoms with Crippen molar-refractivity contribution < 1.29 is 9.53 Å². The number of benzene rings is 2. The van der Waals surface area contributed by atoms with Crippen molar-refractivity contribution in [3.63, 3.8) is 0 Å². The molecule has 0 bridgehead atoms. The number of halogens is 1. The number of nitrogens with one attached hydrogen (secondary N) is 1. The lowest BCUT2D eigenvalue weighted by Gasteiger charge is -2.13. The molecule has 1 amide bonds. The van der Waals surface area contributed by atoms with Crippen molar-refractivity contribution in [2.75, 3.05) is 5.32 Å². The molecular weight excluding hydrogens is 332 g/mol. The lowest BCUT2D eigenvalue weighted by molar-refractivity contribution is -0.122. The standard InChI is InChI=1S/C17H15ClN2O2S/c1-10-3-6-13(7-4-10)22-11(2)16(21)20-17-19-14-8-5-12(18)9-15(14)23-17/h3-9,11H,1-2H3,(H,19,20,21)/t11-/m1/s1. The molecule has 3 rings (SSSR count). The summed E-state index contributed by atoms with van der Waals surface area (Å²) in [5.41, 5.74) is 1.95. The average molecular weight is 347 g/mol. The van der Waals surface area contributed by atoms with E-state index >= 15 is 0 Å². The Labute approximate surface area is 143 Å². The van der Waals surface area contributed by atoms with Gasteiger partial charge in [-0.2, -0.15) is 0 Å². The molecule has 0 radical (unpaired) electrons. The van der Waals surface area contributed by atoms with Gasteiger partial charge in [0.1, 0.15) is 5.75 Å². The molecule has 0 spiro atoms. The summed E-state index contributed by atoms with van der Waals surface area (Å²) in [4.78, 5) is 16.6. The molecular formula is C17H15ClN2O2S. The van der Waals surface area contributed by atoms with Gasteiger partial charge in [0.05, 0.1) is 10.2 Å². The number of thiazole rings is 1. The minimum absolute atomic E-state index is 0.240. The second kappa shape index (κ2) is 6.56. The average Bonchev–Trinajstić information content (AvgIpc) is 2.90. The smallest absolute Gasteiger partial charge is 0.266 e. The highest BCUT2D eigenvalue weighted by molar-refractivity contribution is 7.22. The van der Waals surface area contributed by atoms with E-state index in [-0.39, 0.29) is 5.91 Å². The highest BCUT2D eigenvalue weighted by Gasteiger charge is 2.16. The Bertz CT molecular complexity index is 845. The molecule has 0 aliphatic rings. The van der Waals surface area contributed by atoms with Gasteiger partial charge in [-0.3, -0.25) is 10.1 Å². The third kappa shape index (κ3) is 3.81. The maximum Gasteiger partial charge on any atom is 0.266 e. The fraction of sp³-hybridized carbons (Fsp3) is 0.176. The number of rotatable bonds is 4. The largest absolute Gasteiger partial charge is 0.481 e. The van der Waals surface area contributed by atoms with Crippen LogP contribution in [0.25, 0.3) is 10.2 Å². The predicted molar refractivity (Wildman–Crippen MR) is 94.5 cm³/mol. The van der Waals surface area contributed by atoms with Gasteiger partial charge < -0.3 is 4.74 Å².